The third kappa shape index (κ3) is 2.84. The first kappa shape index (κ1) is 13.1. The zero-order valence-corrected chi connectivity index (χ0v) is 11.8. The molecule has 104 valence electrons. The first-order valence-corrected chi connectivity index (χ1v) is 6.75. The van der Waals surface area contributed by atoms with Gasteiger partial charge in [0.25, 0.3) is 0 Å². The Bertz CT molecular complexity index is 755. The van der Waals surface area contributed by atoms with Crippen LogP contribution >= 0.6 is 0 Å². The summed E-state index contributed by atoms with van der Waals surface area (Å²) in [5, 5.41) is 8.25. The number of nitrogens with zero attached hydrogens (tertiary/aromatic N) is 3. The minimum Gasteiger partial charge on any atom is -0.382 e. The van der Waals surface area contributed by atoms with Crippen LogP contribution in [0, 0.1) is 6.92 Å². The summed E-state index contributed by atoms with van der Waals surface area (Å²) in [6.45, 7) is 2.05. The Morgan fingerprint density at radius 1 is 1.00 bits per heavy atom. The molecular formula is C17H16N4. The van der Waals surface area contributed by atoms with Gasteiger partial charge in [-0.2, -0.15) is 0 Å². The van der Waals surface area contributed by atoms with Gasteiger partial charge in [-0.3, -0.25) is 0 Å². The third-order valence-electron chi connectivity index (χ3n) is 3.26. The second-order valence-electron chi connectivity index (χ2n) is 4.86. The molecule has 0 bridgehead atoms. The molecule has 0 spiro atoms. The summed E-state index contributed by atoms with van der Waals surface area (Å²) >= 11 is 0. The number of anilines is 1. The maximum Gasteiger partial charge on any atom is 0.155 e. The molecule has 0 aliphatic heterocycles. The van der Waals surface area contributed by atoms with Gasteiger partial charge in [0.2, 0.25) is 0 Å². The molecule has 0 saturated heterocycles. The molecule has 3 rings (SSSR count). The van der Waals surface area contributed by atoms with Gasteiger partial charge in [0.15, 0.2) is 5.82 Å². The maximum atomic E-state index is 6.12. The monoisotopic (exact) mass is 276 g/mol. The van der Waals surface area contributed by atoms with Crippen molar-refractivity contribution in [1.29, 1.82) is 0 Å². The van der Waals surface area contributed by atoms with Crippen molar-refractivity contribution < 1.29 is 0 Å². The number of benzene rings is 2. The standard InChI is InChI=1S/C17H16N4/c1-13-7-9-15(10-8-13)16-17(18)21(20-19-16)12-11-14-5-3-2-4-6-14/h2-12H,18H2,1H3. The van der Waals surface area contributed by atoms with Crippen LogP contribution in [0.2, 0.25) is 0 Å². The van der Waals surface area contributed by atoms with Crippen molar-refractivity contribution in [1.82, 2.24) is 15.0 Å². The minimum absolute atomic E-state index is 0.533. The SMILES string of the molecule is Cc1ccc(-c2nnn(C=Cc3ccccc3)c2N)cc1. The number of aryl methyl sites for hydroxylation is 1. The topological polar surface area (TPSA) is 56.7 Å². The lowest BCUT2D eigenvalue weighted by molar-refractivity contribution is 0.849. The highest BCUT2D eigenvalue weighted by Gasteiger charge is 2.09. The minimum atomic E-state index is 0.533. The molecule has 21 heavy (non-hydrogen) atoms. The molecule has 0 radical (unpaired) electrons. The van der Waals surface area contributed by atoms with Crippen LogP contribution in [0.25, 0.3) is 23.5 Å². The van der Waals surface area contributed by atoms with E-state index in [1.54, 1.807) is 4.68 Å². The zero-order chi connectivity index (χ0) is 14.7. The molecule has 2 N–H and O–H groups in total. The molecule has 4 nitrogen and oxygen atoms in total. The van der Waals surface area contributed by atoms with Crippen LogP contribution in [-0.2, 0) is 0 Å². The van der Waals surface area contributed by atoms with E-state index in [-0.39, 0.29) is 0 Å². The lowest BCUT2D eigenvalue weighted by atomic mass is 10.1. The van der Waals surface area contributed by atoms with Gasteiger partial charge in [-0.25, -0.2) is 4.68 Å². The van der Waals surface area contributed by atoms with Gasteiger partial charge >= 0.3 is 0 Å². The number of aromatic nitrogens is 3. The van der Waals surface area contributed by atoms with E-state index in [0.717, 1.165) is 11.1 Å². The van der Waals surface area contributed by atoms with Crippen molar-refractivity contribution in [2.45, 2.75) is 6.92 Å². The molecule has 0 aliphatic carbocycles. The molecular weight excluding hydrogens is 260 g/mol. The molecule has 4 heteroatoms. The Labute approximate surface area is 123 Å². The summed E-state index contributed by atoms with van der Waals surface area (Å²) in [4.78, 5) is 0. The van der Waals surface area contributed by atoms with E-state index in [1.165, 1.54) is 5.56 Å². The Balaban J connectivity index is 1.89. The lowest BCUT2D eigenvalue weighted by Gasteiger charge is -2.00. The fraction of sp³-hybridized carbons (Fsp3) is 0.0588. The first-order valence-electron chi connectivity index (χ1n) is 6.75. The average molecular weight is 276 g/mol. The van der Waals surface area contributed by atoms with Crippen LogP contribution in [0.4, 0.5) is 5.82 Å². The molecule has 0 unspecified atom stereocenters. The van der Waals surface area contributed by atoms with Crippen LogP contribution in [-0.4, -0.2) is 15.0 Å². The normalized spacial score (nSPS) is 11.1. The van der Waals surface area contributed by atoms with Crippen LogP contribution in [0.1, 0.15) is 11.1 Å². The van der Waals surface area contributed by atoms with Crippen LogP contribution in [0.15, 0.2) is 54.6 Å². The summed E-state index contributed by atoms with van der Waals surface area (Å²) in [6, 6.07) is 18.1. The van der Waals surface area contributed by atoms with E-state index >= 15 is 0 Å². The van der Waals surface area contributed by atoms with Crippen molar-refractivity contribution in [3.8, 4) is 11.3 Å². The Morgan fingerprint density at radius 3 is 2.43 bits per heavy atom. The summed E-state index contributed by atoms with van der Waals surface area (Å²) in [5.41, 5.74) is 10.1. The van der Waals surface area contributed by atoms with Crippen molar-refractivity contribution in [3.63, 3.8) is 0 Å². The predicted octanol–water partition coefficient (Wildman–Crippen LogP) is 3.46. The third-order valence-corrected chi connectivity index (χ3v) is 3.26. The first-order chi connectivity index (χ1) is 10.2. The van der Waals surface area contributed by atoms with E-state index in [9.17, 15) is 0 Å². The van der Waals surface area contributed by atoms with E-state index in [2.05, 4.69) is 10.3 Å². The fourth-order valence-electron chi connectivity index (χ4n) is 2.05. The van der Waals surface area contributed by atoms with E-state index in [0.29, 0.717) is 11.5 Å². The average Bonchev–Trinajstić information content (AvgIpc) is 2.88. The number of nitrogens with two attached hydrogens (primary N) is 1. The lowest BCUT2D eigenvalue weighted by Crippen LogP contribution is -1.97. The quantitative estimate of drug-likeness (QED) is 0.797. The molecule has 0 aliphatic rings. The molecule has 1 aromatic heterocycles. The number of rotatable bonds is 3. The summed E-state index contributed by atoms with van der Waals surface area (Å²) in [5.74, 6) is 0.533. The molecule has 3 aromatic rings. The number of hydrogen-bond donors (Lipinski definition) is 1. The Kier molecular flexibility index (Phi) is 3.51. The van der Waals surface area contributed by atoms with Gasteiger partial charge in [-0.15, -0.1) is 5.10 Å². The Morgan fingerprint density at radius 2 is 1.71 bits per heavy atom. The summed E-state index contributed by atoms with van der Waals surface area (Å²) in [6.07, 6.45) is 3.76. The molecule has 0 atom stereocenters. The molecule has 2 aromatic carbocycles. The smallest absolute Gasteiger partial charge is 0.155 e. The number of nitrogen functional groups attached to an aromatic ring is 1. The highest BCUT2D eigenvalue weighted by molar-refractivity contribution is 5.72. The maximum absolute atomic E-state index is 6.12. The van der Waals surface area contributed by atoms with Gasteiger partial charge in [-0.05, 0) is 18.6 Å². The molecule has 1 heterocycles. The molecule has 0 saturated carbocycles. The van der Waals surface area contributed by atoms with Crippen molar-refractivity contribution in [2.24, 2.45) is 0 Å². The molecule has 0 amide bonds. The van der Waals surface area contributed by atoms with Gasteiger partial charge in [0.1, 0.15) is 5.69 Å². The van der Waals surface area contributed by atoms with E-state index in [1.807, 2.05) is 73.8 Å². The second kappa shape index (κ2) is 5.63. The van der Waals surface area contributed by atoms with Gasteiger partial charge in [0.05, 0.1) is 0 Å². The van der Waals surface area contributed by atoms with Crippen molar-refractivity contribution in [3.05, 3.63) is 65.7 Å². The van der Waals surface area contributed by atoms with Gasteiger partial charge in [0, 0.05) is 11.8 Å². The van der Waals surface area contributed by atoms with Crippen LogP contribution < -0.4 is 5.73 Å². The van der Waals surface area contributed by atoms with Crippen LogP contribution in [0.3, 0.4) is 0 Å². The second-order valence-corrected chi connectivity index (χ2v) is 4.86. The highest BCUT2D eigenvalue weighted by atomic mass is 15.4. The Hall–Kier alpha value is -2.88. The summed E-state index contributed by atoms with van der Waals surface area (Å²) < 4.78 is 1.59. The largest absolute Gasteiger partial charge is 0.382 e. The van der Waals surface area contributed by atoms with Crippen molar-refractivity contribution in [2.75, 3.05) is 5.73 Å². The molecule has 0 fully saturated rings. The van der Waals surface area contributed by atoms with Crippen LogP contribution in [0.5, 0.6) is 0 Å². The van der Waals surface area contributed by atoms with Gasteiger partial charge < -0.3 is 5.73 Å². The van der Waals surface area contributed by atoms with E-state index < -0.39 is 0 Å². The fourth-order valence-corrected chi connectivity index (χ4v) is 2.05. The van der Waals surface area contributed by atoms with E-state index in [4.69, 9.17) is 5.73 Å². The highest BCUT2D eigenvalue weighted by Crippen LogP contribution is 2.23. The van der Waals surface area contributed by atoms with Gasteiger partial charge in [-0.1, -0.05) is 65.4 Å². The van der Waals surface area contributed by atoms with Crippen molar-refractivity contribution >= 4 is 18.1 Å². The predicted molar refractivity (Wildman–Crippen MR) is 86.3 cm³/mol. The number of hydrogen-bond acceptors (Lipinski definition) is 3. The zero-order valence-electron chi connectivity index (χ0n) is 11.8. The summed E-state index contributed by atoms with van der Waals surface area (Å²) in [7, 11) is 0.